The van der Waals surface area contributed by atoms with Gasteiger partial charge in [0.15, 0.2) is 0 Å². The lowest BCUT2D eigenvalue weighted by Crippen LogP contribution is -2.24. The van der Waals surface area contributed by atoms with Crippen LogP contribution in [0.25, 0.3) is 22.9 Å². The highest BCUT2D eigenvalue weighted by atomic mass is 16.4. The Morgan fingerprint density at radius 2 is 1.80 bits per heavy atom. The first-order valence-electron chi connectivity index (χ1n) is 8.07. The lowest BCUT2D eigenvalue weighted by Gasteiger charge is -2.04. The van der Waals surface area contributed by atoms with E-state index in [9.17, 15) is 4.79 Å². The lowest BCUT2D eigenvalue weighted by molar-refractivity contribution is 0.0951. The number of amides is 1. The molecule has 3 rings (SSSR count). The standard InChI is InChI=1S/C19H19N3O3/c1-13-4-2-5-16(12-13)19-22-21-18(25-19)15-8-6-14(7-9-15)17(24)20-10-3-11-23/h2,4-9,12,23H,3,10-11H2,1H3,(H,20,24). The third-order valence-electron chi connectivity index (χ3n) is 3.70. The first-order chi connectivity index (χ1) is 12.2. The second kappa shape index (κ2) is 7.72. The van der Waals surface area contributed by atoms with Crippen LogP contribution in [0.3, 0.4) is 0 Å². The highest BCUT2D eigenvalue weighted by Crippen LogP contribution is 2.24. The number of rotatable bonds is 6. The number of aliphatic hydroxyl groups is 1. The van der Waals surface area contributed by atoms with Crippen LogP contribution in [-0.2, 0) is 0 Å². The maximum atomic E-state index is 11.9. The number of benzene rings is 2. The number of carbonyl (C=O) groups excluding carboxylic acids is 1. The minimum absolute atomic E-state index is 0.0552. The van der Waals surface area contributed by atoms with Gasteiger partial charge in [0.25, 0.3) is 5.91 Å². The second-order valence-electron chi connectivity index (χ2n) is 5.69. The number of carbonyl (C=O) groups is 1. The van der Waals surface area contributed by atoms with Gasteiger partial charge in [-0.3, -0.25) is 4.79 Å². The van der Waals surface area contributed by atoms with Crippen LogP contribution in [-0.4, -0.2) is 34.4 Å². The van der Waals surface area contributed by atoms with E-state index in [0.29, 0.717) is 30.3 Å². The van der Waals surface area contributed by atoms with E-state index in [0.717, 1.165) is 16.7 Å². The molecule has 6 nitrogen and oxygen atoms in total. The fraction of sp³-hybridized carbons (Fsp3) is 0.211. The first-order valence-corrected chi connectivity index (χ1v) is 8.07. The van der Waals surface area contributed by atoms with Crippen molar-refractivity contribution in [2.45, 2.75) is 13.3 Å². The monoisotopic (exact) mass is 337 g/mol. The number of aliphatic hydroxyl groups excluding tert-OH is 1. The van der Waals surface area contributed by atoms with Gasteiger partial charge in [0.1, 0.15) is 0 Å². The maximum Gasteiger partial charge on any atom is 0.251 e. The van der Waals surface area contributed by atoms with Gasteiger partial charge in [-0.25, -0.2) is 0 Å². The molecule has 0 bridgehead atoms. The Labute approximate surface area is 145 Å². The van der Waals surface area contributed by atoms with E-state index in [4.69, 9.17) is 9.52 Å². The quantitative estimate of drug-likeness (QED) is 0.675. The number of aromatic nitrogens is 2. The van der Waals surface area contributed by atoms with Crippen molar-refractivity contribution in [2.24, 2.45) is 0 Å². The van der Waals surface area contributed by atoms with Crippen LogP contribution in [0.15, 0.2) is 52.9 Å². The summed E-state index contributed by atoms with van der Waals surface area (Å²) in [5, 5.41) is 19.7. The largest absolute Gasteiger partial charge is 0.416 e. The van der Waals surface area contributed by atoms with E-state index in [1.54, 1.807) is 24.3 Å². The number of nitrogens with zero attached hydrogens (tertiary/aromatic N) is 2. The van der Waals surface area contributed by atoms with E-state index < -0.39 is 0 Å². The van der Waals surface area contributed by atoms with Crippen molar-refractivity contribution in [3.8, 4) is 22.9 Å². The van der Waals surface area contributed by atoms with Gasteiger partial charge in [0.2, 0.25) is 11.8 Å². The van der Waals surface area contributed by atoms with Crippen LogP contribution in [0.5, 0.6) is 0 Å². The second-order valence-corrected chi connectivity index (χ2v) is 5.69. The van der Waals surface area contributed by atoms with Crippen molar-refractivity contribution in [1.29, 1.82) is 0 Å². The summed E-state index contributed by atoms with van der Waals surface area (Å²) < 4.78 is 5.74. The molecule has 0 unspecified atom stereocenters. The summed E-state index contributed by atoms with van der Waals surface area (Å²) in [6.45, 7) is 2.51. The van der Waals surface area contributed by atoms with Gasteiger partial charge in [-0.2, -0.15) is 0 Å². The molecule has 0 saturated heterocycles. The molecule has 2 aromatic carbocycles. The number of hydrogen-bond donors (Lipinski definition) is 2. The van der Waals surface area contributed by atoms with Crippen molar-refractivity contribution in [3.63, 3.8) is 0 Å². The molecular weight excluding hydrogens is 318 g/mol. The van der Waals surface area contributed by atoms with E-state index >= 15 is 0 Å². The summed E-state index contributed by atoms with van der Waals surface area (Å²) >= 11 is 0. The molecule has 0 fully saturated rings. The van der Waals surface area contributed by atoms with Crippen LogP contribution >= 0.6 is 0 Å². The zero-order valence-electron chi connectivity index (χ0n) is 13.9. The molecule has 0 spiro atoms. The molecule has 2 N–H and O–H groups in total. The third kappa shape index (κ3) is 4.10. The summed E-state index contributed by atoms with van der Waals surface area (Å²) in [7, 11) is 0. The molecule has 128 valence electrons. The molecule has 0 atom stereocenters. The van der Waals surface area contributed by atoms with Gasteiger partial charge in [-0.05, 0) is 49.7 Å². The highest BCUT2D eigenvalue weighted by molar-refractivity contribution is 5.94. The molecule has 0 saturated carbocycles. The average molecular weight is 337 g/mol. The summed E-state index contributed by atoms with van der Waals surface area (Å²) in [6, 6.07) is 14.8. The van der Waals surface area contributed by atoms with E-state index in [2.05, 4.69) is 15.5 Å². The Hall–Kier alpha value is -2.99. The summed E-state index contributed by atoms with van der Waals surface area (Å²) in [6.07, 6.45) is 0.535. The zero-order valence-corrected chi connectivity index (χ0v) is 13.9. The van der Waals surface area contributed by atoms with Crippen molar-refractivity contribution in [1.82, 2.24) is 15.5 Å². The van der Waals surface area contributed by atoms with Crippen molar-refractivity contribution >= 4 is 5.91 Å². The minimum Gasteiger partial charge on any atom is -0.416 e. The predicted octanol–water partition coefficient (Wildman–Crippen LogP) is 2.82. The van der Waals surface area contributed by atoms with Crippen LogP contribution in [0.2, 0.25) is 0 Å². The summed E-state index contributed by atoms with van der Waals surface area (Å²) in [5.41, 5.74) is 3.28. The van der Waals surface area contributed by atoms with Gasteiger partial charge in [-0.15, -0.1) is 10.2 Å². The molecule has 0 radical (unpaired) electrons. The minimum atomic E-state index is -0.175. The van der Waals surface area contributed by atoms with E-state index in [1.165, 1.54) is 0 Å². The third-order valence-corrected chi connectivity index (χ3v) is 3.70. The number of nitrogens with one attached hydrogen (secondary N) is 1. The maximum absolute atomic E-state index is 11.9. The van der Waals surface area contributed by atoms with Crippen LogP contribution < -0.4 is 5.32 Å². The smallest absolute Gasteiger partial charge is 0.251 e. The number of aryl methyl sites for hydroxylation is 1. The molecule has 0 aliphatic rings. The fourth-order valence-electron chi connectivity index (χ4n) is 2.38. The average Bonchev–Trinajstić information content (AvgIpc) is 3.12. The first kappa shape index (κ1) is 16.9. The van der Waals surface area contributed by atoms with Gasteiger partial charge >= 0.3 is 0 Å². The Balaban J connectivity index is 1.74. The molecule has 0 aliphatic heterocycles. The molecule has 1 heterocycles. The Morgan fingerprint density at radius 3 is 2.48 bits per heavy atom. The SMILES string of the molecule is Cc1cccc(-c2nnc(-c3ccc(C(=O)NCCCO)cc3)o2)c1. The Morgan fingerprint density at radius 1 is 1.08 bits per heavy atom. The normalized spacial score (nSPS) is 10.6. The van der Waals surface area contributed by atoms with Crippen molar-refractivity contribution < 1.29 is 14.3 Å². The van der Waals surface area contributed by atoms with Gasteiger partial charge in [-0.1, -0.05) is 17.7 Å². The van der Waals surface area contributed by atoms with Crippen LogP contribution in [0, 0.1) is 6.92 Å². The molecule has 1 amide bonds. The van der Waals surface area contributed by atoms with Gasteiger partial charge in [0.05, 0.1) is 0 Å². The molecule has 6 heteroatoms. The van der Waals surface area contributed by atoms with Crippen LogP contribution in [0.4, 0.5) is 0 Å². The van der Waals surface area contributed by atoms with E-state index in [-0.39, 0.29) is 12.5 Å². The number of hydrogen-bond acceptors (Lipinski definition) is 5. The molecule has 1 aromatic heterocycles. The Kier molecular flexibility index (Phi) is 5.20. The van der Waals surface area contributed by atoms with Crippen molar-refractivity contribution in [2.75, 3.05) is 13.2 Å². The van der Waals surface area contributed by atoms with Gasteiger partial charge < -0.3 is 14.8 Å². The summed E-state index contributed by atoms with van der Waals surface area (Å²) in [4.78, 5) is 11.9. The lowest BCUT2D eigenvalue weighted by atomic mass is 10.1. The molecular formula is C19H19N3O3. The predicted molar refractivity (Wildman–Crippen MR) is 93.9 cm³/mol. The van der Waals surface area contributed by atoms with Gasteiger partial charge in [0, 0.05) is 29.8 Å². The van der Waals surface area contributed by atoms with Crippen LogP contribution in [0.1, 0.15) is 22.3 Å². The zero-order chi connectivity index (χ0) is 17.6. The molecule has 3 aromatic rings. The topological polar surface area (TPSA) is 88.2 Å². The van der Waals surface area contributed by atoms with E-state index in [1.807, 2.05) is 31.2 Å². The molecule has 25 heavy (non-hydrogen) atoms. The highest BCUT2D eigenvalue weighted by Gasteiger charge is 2.11. The fourth-order valence-corrected chi connectivity index (χ4v) is 2.38. The van der Waals surface area contributed by atoms with Crippen molar-refractivity contribution in [3.05, 3.63) is 59.7 Å². The molecule has 0 aliphatic carbocycles. The summed E-state index contributed by atoms with van der Waals surface area (Å²) in [5.74, 6) is 0.694. The Bertz CT molecular complexity index is 856.